The van der Waals surface area contributed by atoms with Crippen LogP contribution >= 0.6 is 0 Å². The molecule has 1 N–H and O–H groups in total. The highest BCUT2D eigenvalue weighted by Crippen LogP contribution is 2.23. The Morgan fingerprint density at radius 2 is 2.12 bits per heavy atom. The maximum absolute atomic E-state index is 11.7. The van der Waals surface area contributed by atoms with Crippen molar-refractivity contribution in [2.45, 2.75) is 13.3 Å². The molecule has 1 aromatic heterocycles. The van der Waals surface area contributed by atoms with E-state index in [1.54, 1.807) is 24.5 Å². The highest BCUT2D eigenvalue weighted by molar-refractivity contribution is 7.92. The quantitative estimate of drug-likeness (QED) is 0.906. The number of hydrogen-bond donors (Lipinski definition) is 1. The van der Waals surface area contributed by atoms with Crippen LogP contribution in [0.15, 0.2) is 36.7 Å². The van der Waals surface area contributed by atoms with E-state index in [1.165, 1.54) is 0 Å². The van der Waals surface area contributed by atoms with Crippen molar-refractivity contribution in [3.63, 3.8) is 0 Å². The first-order chi connectivity index (χ1) is 8.12. The number of anilines is 1. The second kappa shape index (κ2) is 4.71. The Hall–Kier alpha value is -1.62. The Morgan fingerprint density at radius 1 is 1.29 bits per heavy atom. The van der Waals surface area contributed by atoms with Crippen molar-refractivity contribution in [1.82, 2.24) is 4.98 Å². The SMILES string of the molecule is CCCS(=O)(=O)Nc1cccc2cnccc12. The van der Waals surface area contributed by atoms with Crippen LogP contribution in [0.4, 0.5) is 5.69 Å². The average molecular weight is 250 g/mol. The summed E-state index contributed by atoms with van der Waals surface area (Å²) in [6.45, 7) is 1.84. The van der Waals surface area contributed by atoms with E-state index in [-0.39, 0.29) is 5.75 Å². The van der Waals surface area contributed by atoms with Crippen LogP contribution in [-0.4, -0.2) is 19.2 Å². The minimum Gasteiger partial charge on any atom is -0.283 e. The van der Waals surface area contributed by atoms with Crippen LogP contribution in [0.25, 0.3) is 10.8 Å². The molecule has 2 aromatic rings. The minimum absolute atomic E-state index is 0.133. The van der Waals surface area contributed by atoms with E-state index in [0.29, 0.717) is 12.1 Å². The molecule has 0 amide bonds. The molecule has 0 unspecified atom stereocenters. The zero-order valence-electron chi connectivity index (χ0n) is 9.55. The second-order valence-electron chi connectivity index (χ2n) is 3.82. The monoisotopic (exact) mass is 250 g/mol. The van der Waals surface area contributed by atoms with E-state index in [9.17, 15) is 8.42 Å². The van der Waals surface area contributed by atoms with E-state index in [1.807, 2.05) is 19.1 Å². The van der Waals surface area contributed by atoms with Gasteiger partial charge in [0.15, 0.2) is 0 Å². The van der Waals surface area contributed by atoms with E-state index in [4.69, 9.17) is 0 Å². The molecular formula is C12H14N2O2S. The van der Waals surface area contributed by atoms with Crippen LogP contribution in [0.3, 0.4) is 0 Å². The summed E-state index contributed by atoms with van der Waals surface area (Å²) >= 11 is 0. The van der Waals surface area contributed by atoms with Crippen molar-refractivity contribution in [2.24, 2.45) is 0 Å². The van der Waals surface area contributed by atoms with E-state index in [2.05, 4.69) is 9.71 Å². The number of hydrogen-bond acceptors (Lipinski definition) is 3. The van der Waals surface area contributed by atoms with Crippen LogP contribution in [0.5, 0.6) is 0 Å². The summed E-state index contributed by atoms with van der Waals surface area (Å²) in [5.41, 5.74) is 0.610. The molecule has 5 heteroatoms. The number of benzene rings is 1. The standard InChI is InChI=1S/C12H14N2O2S/c1-2-8-17(15,16)14-12-5-3-4-10-9-13-7-6-11(10)12/h3-7,9,14H,2,8H2,1H3. The summed E-state index contributed by atoms with van der Waals surface area (Å²) in [6, 6.07) is 7.28. The molecule has 2 rings (SSSR count). The number of nitrogens with zero attached hydrogens (tertiary/aromatic N) is 1. The Bertz CT molecular complexity index is 618. The molecule has 1 heterocycles. The fourth-order valence-electron chi connectivity index (χ4n) is 1.70. The van der Waals surface area contributed by atoms with Gasteiger partial charge in [0.2, 0.25) is 10.0 Å². The molecular weight excluding hydrogens is 236 g/mol. The van der Waals surface area contributed by atoms with Crippen molar-refractivity contribution in [2.75, 3.05) is 10.5 Å². The summed E-state index contributed by atoms with van der Waals surface area (Å²) < 4.78 is 26.0. The highest BCUT2D eigenvalue weighted by Gasteiger charge is 2.10. The zero-order valence-corrected chi connectivity index (χ0v) is 10.4. The van der Waals surface area contributed by atoms with Gasteiger partial charge in [0.1, 0.15) is 0 Å². The highest BCUT2D eigenvalue weighted by atomic mass is 32.2. The molecule has 0 bridgehead atoms. The van der Waals surface area contributed by atoms with Gasteiger partial charge in [-0.2, -0.15) is 0 Å². The van der Waals surface area contributed by atoms with Crippen molar-refractivity contribution in [3.8, 4) is 0 Å². The predicted molar refractivity (Wildman–Crippen MR) is 69.4 cm³/mol. The fourth-order valence-corrected chi connectivity index (χ4v) is 2.85. The van der Waals surface area contributed by atoms with Gasteiger partial charge in [-0.3, -0.25) is 9.71 Å². The molecule has 0 aliphatic carbocycles. The lowest BCUT2D eigenvalue weighted by molar-refractivity contribution is 0.600. The molecule has 90 valence electrons. The molecule has 0 atom stereocenters. The van der Waals surface area contributed by atoms with Gasteiger partial charge in [-0.05, 0) is 18.6 Å². The largest absolute Gasteiger partial charge is 0.283 e. The molecule has 0 aliphatic rings. The van der Waals surface area contributed by atoms with Crippen molar-refractivity contribution in [3.05, 3.63) is 36.7 Å². The summed E-state index contributed by atoms with van der Waals surface area (Å²) in [7, 11) is -3.25. The number of fused-ring (bicyclic) bond motifs is 1. The van der Waals surface area contributed by atoms with Crippen molar-refractivity contribution >= 4 is 26.5 Å². The van der Waals surface area contributed by atoms with E-state index >= 15 is 0 Å². The molecule has 0 saturated heterocycles. The van der Waals surface area contributed by atoms with E-state index in [0.717, 1.165) is 10.8 Å². The summed E-state index contributed by atoms with van der Waals surface area (Å²) in [5.74, 6) is 0.133. The van der Waals surface area contributed by atoms with Crippen molar-refractivity contribution in [1.29, 1.82) is 0 Å². The molecule has 0 saturated carbocycles. The average Bonchev–Trinajstić information content (AvgIpc) is 2.29. The topological polar surface area (TPSA) is 59.1 Å². The summed E-state index contributed by atoms with van der Waals surface area (Å²) in [6.07, 6.45) is 3.97. The molecule has 4 nitrogen and oxygen atoms in total. The van der Waals surface area contributed by atoms with Gasteiger partial charge in [-0.25, -0.2) is 8.42 Å². The Labute approximate surface area is 101 Å². The number of nitrogens with one attached hydrogen (secondary N) is 1. The molecule has 17 heavy (non-hydrogen) atoms. The maximum atomic E-state index is 11.7. The normalized spacial score (nSPS) is 11.6. The van der Waals surface area contributed by atoms with Crippen LogP contribution in [0.1, 0.15) is 13.3 Å². The molecule has 0 fully saturated rings. The lowest BCUT2D eigenvalue weighted by Crippen LogP contribution is -2.16. The lowest BCUT2D eigenvalue weighted by atomic mass is 10.1. The first kappa shape index (κ1) is 11.9. The number of rotatable bonds is 4. The van der Waals surface area contributed by atoms with Gasteiger partial charge in [-0.1, -0.05) is 19.1 Å². The first-order valence-electron chi connectivity index (χ1n) is 5.45. The van der Waals surface area contributed by atoms with E-state index < -0.39 is 10.0 Å². The van der Waals surface area contributed by atoms with Gasteiger partial charge in [0.05, 0.1) is 11.4 Å². The first-order valence-corrected chi connectivity index (χ1v) is 7.11. The van der Waals surface area contributed by atoms with Crippen LogP contribution < -0.4 is 4.72 Å². The number of pyridine rings is 1. The van der Waals surface area contributed by atoms with Crippen molar-refractivity contribution < 1.29 is 8.42 Å². The third-order valence-corrected chi connectivity index (χ3v) is 3.90. The number of sulfonamides is 1. The predicted octanol–water partition coefficient (Wildman–Crippen LogP) is 2.39. The molecule has 0 aliphatic heterocycles. The lowest BCUT2D eigenvalue weighted by Gasteiger charge is -2.09. The third-order valence-electron chi connectivity index (χ3n) is 2.42. The second-order valence-corrected chi connectivity index (χ2v) is 5.67. The van der Waals surface area contributed by atoms with Crippen LogP contribution in [-0.2, 0) is 10.0 Å². The van der Waals surface area contributed by atoms with Gasteiger partial charge in [0.25, 0.3) is 0 Å². The Kier molecular flexibility index (Phi) is 3.28. The molecule has 0 radical (unpaired) electrons. The summed E-state index contributed by atoms with van der Waals surface area (Å²) in [5, 5.41) is 1.78. The number of aromatic nitrogens is 1. The van der Waals surface area contributed by atoms with Gasteiger partial charge in [0, 0.05) is 23.2 Å². The van der Waals surface area contributed by atoms with Gasteiger partial charge in [-0.15, -0.1) is 0 Å². The zero-order chi connectivity index (χ0) is 12.3. The smallest absolute Gasteiger partial charge is 0.232 e. The van der Waals surface area contributed by atoms with Gasteiger partial charge < -0.3 is 0 Å². The van der Waals surface area contributed by atoms with Crippen LogP contribution in [0.2, 0.25) is 0 Å². The Morgan fingerprint density at radius 3 is 2.88 bits per heavy atom. The van der Waals surface area contributed by atoms with Crippen LogP contribution in [0, 0.1) is 0 Å². The fraction of sp³-hybridized carbons (Fsp3) is 0.250. The third kappa shape index (κ3) is 2.74. The maximum Gasteiger partial charge on any atom is 0.232 e. The van der Waals surface area contributed by atoms with Gasteiger partial charge >= 0.3 is 0 Å². The molecule has 1 aromatic carbocycles. The Balaban J connectivity index is 2.43. The minimum atomic E-state index is -3.25. The summed E-state index contributed by atoms with van der Waals surface area (Å²) in [4.78, 5) is 4.01. The molecule has 0 spiro atoms.